The molecule has 0 atom stereocenters. The van der Waals surface area contributed by atoms with Gasteiger partial charge in [0.1, 0.15) is 11.5 Å². The van der Waals surface area contributed by atoms with Crippen molar-refractivity contribution in [2.24, 2.45) is 0 Å². The molecule has 2 N–H and O–H groups in total. The van der Waals surface area contributed by atoms with E-state index in [1.807, 2.05) is 16.8 Å². The molecule has 1 fully saturated rings. The van der Waals surface area contributed by atoms with E-state index in [9.17, 15) is 0 Å². The Morgan fingerprint density at radius 3 is 2.62 bits per heavy atom. The number of rotatable bonds is 6. The predicted molar refractivity (Wildman–Crippen MR) is 131 cm³/mol. The van der Waals surface area contributed by atoms with Gasteiger partial charge in [-0.2, -0.15) is 5.10 Å². The fourth-order valence-electron chi connectivity index (χ4n) is 4.54. The largest absolute Gasteiger partial charge is 0.368 e. The molecule has 1 aromatic carbocycles. The van der Waals surface area contributed by atoms with Crippen LogP contribution in [0.1, 0.15) is 45.1 Å². The van der Waals surface area contributed by atoms with Crippen molar-refractivity contribution in [3.8, 4) is 22.5 Å². The highest BCUT2D eigenvalue weighted by molar-refractivity contribution is 5.91. The lowest BCUT2D eigenvalue weighted by Crippen LogP contribution is -2.16. The molecule has 0 saturated heterocycles. The van der Waals surface area contributed by atoms with Gasteiger partial charge in [0.2, 0.25) is 5.95 Å². The summed E-state index contributed by atoms with van der Waals surface area (Å²) in [5, 5.41) is 12.1. The lowest BCUT2D eigenvalue weighted by molar-refractivity contribution is 0.744. The summed E-state index contributed by atoms with van der Waals surface area (Å²) in [4.78, 5) is 9.44. The van der Waals surface area contributed by atoms with Gasteiger partial charge in [0.15, 0.2) is 0 Å². The van der Waals surface area contributed by atoms with Crippen molar-refractivity contribution in [3.63, 3.8) is 0 Å². The van der Waals surface area contributed by atoms with Crippen molar-refractivity contribution in [1.29, 1.82) is 0 Å². The molecular weight excluding hydrogens is 396 g/mol. The number of fused-ring (bicyclic) bond motifs is 1. The second-order valence-corrected chi connectivity index (χ2v) is 8.99. The Balaban J connectivity index is 1.68. The Kier molecular flexibility index (Phi) is 5.52. The van der Waals surface area contributed by atoms with Crippen LogP contribution in [0.5, 0.6) is 0 Å². The molecule has 3 heterocycles. The van der Waals surface area contributed by atoms with E-state index >= 15 is 0 Å². The zero-order valence-electron chi connectivity index (χ0n) is 19.0. The molecule has 0 bridgehead atoms. The number of hydrogen-bond acceptors (Lipinski definition) is 5. The molecule has 5 rings (SSSR count). The maximum Gasteiger partial charge on any atom is 0.223 e. The number of benzene rings is 1. The van der Waals surface area contributed by atoms with E-state index in [1.54, 1.807) is 0 Å². The van der Waals surface area contributed by atoms with Crippen molar-refractivity contribution in [2.75, 3.05) is 10.6 Å². The quantitative estimate of drug-likeness (QED) is 0.399. The summed E-state index contributed by atoms with van der Waals surface area (Å²) in [6.45, 7) is 6.38. The molecule has 1 saturated carbocycles. The lowest BCUT2D eigenvalue weighted by Gasteiger charge is -2.13. The Labute approximate surface area is 189 Å². The summed E-state index contributed by atoms with van der Waals surface area (Å²) in [5.74, 6) is 1.66. The number of pyridine rings is 1. The smallest absolute Gasteiger partial charge is 0.223 e. The van der Waals surface area contributed by atoms with Crippen LogP contribution in [-0.2, 0) is 0 Å². The minimum absolute atomic E-state index is 0.303. The summed E-state index contributed by atoms with van der Waals surface area (Å²) < 4.78 is 2.00. The highest BCUT2D eigenvalue weighted by atomic mass is 15.3. The standard InChI is InChI=1S/C26H30N6/c1-17(2)28-23-13-7-12-22-24(25(31-32(22)23)19-9-6-8-18(3)16-19)21-14-15-27-26(30-21)29-20-10-4-5-11-20/h6-9,12-17,20,28H,4-5,10-11H2,1-3H3,(H,27,29,30). The molecule has 0 amide bonds. The summed E-state index contributed by atoms with van der Waals surface area (Å²) in [5.41, 5.74) is 6.16. The van der Waals surface area contributed by atoms with Crippen LogP contribution in [-0.4, -0.2) is 31.7 Å². The van der Waals surface area contributed by atoms with Crippen molar-refractivity contribution in [3.05, 3.63) is 60.3 Å². The number of nitrogens with one attached hydrogen (secondary N) is 2. The molecule has 6 heteroatoms. The summed E-state index contributed by atoms with van der Waals surface area (Å²) in [7, 11) is 0. The molecule has 32 heavy (non-hydrogen) atoms. The molecule has 4 aromatic rings. The van der Waals surface area contributed by atoms with Crippen molar-refractivity contribution < 1.29 is 0 Å². The van der Waals surface area contributed by atoms with E-state index in [1.165, 1.54) is 31.2 Å². The van der Waals surface area contributed by atoms with E-state index in [-0.39, 0.29) is 0 Å². The molecule has 6 nitrogen and oxygen atoms in total. The lowest BCUT2D eigenvalue weighted by atomic mass is 10.0. The first kappa shape index (κ1) is 20.5. The molecule has 3 aromatic heterocycles. The van der Waals surface area contributed by atoms with Crippen LogP contribution in [0.3, 0.4) is 0 Å². The van der Waals surface area contributed by atoms with Gasteiger partial charge in [-0.3, -0.25) is 0 Å². The van der Waals surface area contributed by atoms with E-state index in [0.717, 1.165) is 33.8 Å². The van der Waals surface area contributed by atoms with E-state index in [2.05, 4.69) is 78.9 Å². The number of aromatic nitrogens is 4. The van der Waals surface area contributed by atoms with Crippen LogP contribution >= 0.6 is 0 Å². The molecule has 0 unspecified atom stereocenters. The van der Waals surface area contributed by atoms with Gasteiger partial charge >= 0.3 is 0 Å². The van der Waals surface area contributed by atoms with Crippen LogP contribution < -0.4 is 10.6 Å². The fourth-order valence-corrected chi connectivity index (χ4v) is 4.54. The Morgan fingerprint density at radius 2 is 1.84 bits per heavy atom. The van der Waals surface area contributed by atoms with E-state index in [0.29, 0.717) is 18.0 Å². The molecule has 1 aliphatic carbocycles. The van der Waals surface area contributed by atoms with Crippen molar-refractivity contribution in [1.82, 2.24) is 19.6 Å². The van der Waals surface area contributed by atoms with Gasteiger partial charge in [0.05, 0.1) is 16.8 Å². The first-order chi connectivity index (χ1) is 15.6. The molecular formula is C26H30N6. The van der Waals surface area contributed by atoms with Crippen LogP contribution in [0.25, 0.3) is 28.0 Å². The number of aryl methyl sites for hydroxylation is 1. The van der Waals surface area contributed by atoms with Gasteiger partial charge in [0.25, 0.3) is 0 Å². The van der Waals surface area contributed by atoms with Crippen molar-refractivity contribution in [2.45, 2.75) is 58.5 Å². The van der Waals surface area contributed by atoms with Gasteiger partial charge < -0.3 is 10.6 Å². The maximum atomic E-state index is 5.06. The van der Waals surface area contributed by atoms with Crippen molar-refractivity contribution >= 4 is 17.3 Å². The second kappa shape index (κ2) is 8.61. The number of hydrogen-bond donors (Lipinski definition) is 2. The summed E-state index contributed by atoms with van der Waals surface area (Å²) >= 11 is 0. The third-order valence-electron chi connectivity index (χ3n) is 5.99. The van der Waals surface area contributed by atoms with Crippen LogP contribution in [0.4, 0.5) is 11.8 Å². The van der Waals surface area contributed by atoms with Gasteiger partial charge in [-0.05, 0) is 57.9 Å². The highest BCUT2D eigenvalue weighted by Gasteiger charge is 2.21. The summed E-state index contributed by atoms with van der Waals surface area (Å²) in [6.07, 6.45) is 6.76. The van der Waals surface area contributed by atoms with Gasteiger partial charge in [-0.1, -0.05) is 42.7 Å². The monoisotopic (exact) mass is 426 g/mol. The Hall–Kier alpha value is -3.41. The van der Waals surface area contributed by atoms with Gasteiger partial charge in [-0.25, -0.2) is 14.5 Å². The molecule has 164 valence electrons. The highest BCUT2D eigenvalue weighted by Crippen LogP contribution is 2.36. The van der Waals surface area contributed by atoms with Crippen LogP contribution in [0.2, 0.25) is 0 Å². The second-order valence-electron chi connectivity index (χ2n) is 8.99. The van der Waals surface area contributed by atoms with Crippen LogP contribution in [0.15, 0.2) is 54.7 Å². The number of nitrogens with zero attached hydrogens (tertiary/aromatic N) is 4. The third kappa shape index (κ3) is 4.05. The van der Waals surface area contributed by atoms with Gasteiger partial charge in [-0.15, -0.1) is 0 Å². The molecule has 0 radical (unpaired) electrons. The third-order valence-corrected chi connectivity index (χ3v) is 5.99. The van der Waals surface area contributed by atoms with E-state index in [4.69, 9.17) is 10.1 Å². The fraction of sp³-hybridized carbons (Fsp3) is 0.346. The molecule has 0 aliphatic heterocycles. The topological polar surface area (TPSA) is 67.1 Å². The minimum atomic E-state index is 0.303. The first-order valence-electron chi connectivity index (χ1n) is 11.5. The van der Waals surface area contributed by atoms with Gasteiger partial charge in [0, 0.05) is 23.8 Å². The average molecular weight is 427 g/mol. The number of anilines is 2. The normalized spacial score (nSPS) is 14.4. The Morgan fingerprint density at radius 1 is 1.03 bits per heavy atom. The zero-order chi connectivity index (χ0) is 22.1. The Bertz CT molecular complexity index is 1240. The zero-order valence-corrected chi connectivity index (χ0v) is 19.0. The van der Waals surface area contributed by atoms with Crippen LogP contribution in [0, 0.1) is 6.92 Å². The minimum Gasteiger partial charge on any atom is -0.368 e. The predicted octanol–water partition coefficient (Wildman–Crippen LogP) is 5.94. The van der Waals surface area contributed by atoms with E-state index < -0.39 is 0 Å². The summed E-state index contributed by atoms with van der Waals surface area (Å²) in [6, 6.07) is 17.5. The SMILES string of the molecule is Cc1cccc(-c2nn3c(NC(C)C)cccc3c2-c2ccnc(NC3CCCC3)n2)c1. The maximum absolute atomic E-state index is 5.06. The first-order valence-corrected chi connectivity index (χ1v) is 11.5. The average Bonchev–Trinajstić information content (AvgIpc) is 3.42. The molecule has 1 aliphatic rings. The molecule has 0 spiro atoms.